The Morgan fingerprint density at radius 3 is 0.893 bits per heavy atom. The number of halogens is 16. The third-order valence-electron chi connectivity index (χ3n) is 4.98. The average Bonchev–Trinajstić information content (AvgIpc) is 3.45. The lowest BCUT2D eigenvalue weighted by Gasteiger charge is -2.29. The third-order valence-corrected chi connectivity index (χ3v) is 4.98. The van der Waals surface area contributed by atoms with Crippen LogP contribution in [0.1, 0.15) is 27.7 Å². The minimum absolute atomic E-state index is 0.0365. The van der Waals surface area contributed by atoms with Crippen molar-refractivity contribution in [1.29, 1.82) is 0 Å². The first-order chi connectivity index (χ1) is 25.6. The second-order valence-corrected chi connectivity index (χ2v) is 9.01. The summed E-state index contributed by atoms with van der Waals surface area (Å²) in [6.07, 6.45) is -26.7. The Labute approximate surface area is 307 Å². The largest absolute Gasteiger partial charge is 0.483 e. The summed E-state index contributed by atoms with van der Waals surface area (Å²) < 4.78 is 208. The Hall–Kier alpha value is -6.70. The van der Waals surface area contributed by atoms with E-state index in [0.29, 0.717) is 0 Å². The molecule has 0 aromatic heterocycles. The minimum atomic E-state index is -6.22. The summed E-state index contributed by atoms with van der Waals surface area (Å²) in [5.74, 6) is 33.9. The number of hydrogen-bond donors (Lipinski definition) is 0. The number of ether oxygens (including phenoxy) is 4. The van der Waals surface area contributed by atoms with Crippen LogP contribution in [-0.4, -0.2) is 48.0 Å². The summed E-state index contributed by atoms with van der Waals surface area (Å²) in [7, 11) is 0. The van der Waals surface area contributed by atoms with E-state index < -0.39 is 60.0 Å². The molecule has 20 heteroatoms. The first-order valence-electron chi connectivity index (χ1n) is 13.4. The molecule has 2 aliphatic heterocycles. The summed E-state index contributed by atoms with van der Waals surface area (Å²) in [5.41, 5.74) is 0. The second-order valence-electron chi connectivity index (χ2n) is 9.01. The highest BCUT2D eigenvalue weighted by Crippen LogP contribution is 2.58. The van der Waals surface area contributed by atoms with Crippen LogP contribution in [0.15, 0.2) is 12.0 Å². The molecule has 0 aromatic carbocycles. The highest BCUT2D eigenvalue weighted by molar-refractivity contribution is 5.47. The summed E-state index contributed by atoms with van der Waals surface area (Å²) in [6.45, 7) is 3.45. The highest BCUT2D eigenvalue weighted by Gasteiger charge is 2.84. The van der Waals surface area contributed by atoms with E-state index in [1.54, 1.807) is 13.8 Å². The fourth-order valence-electron chi connectivity index (χ4n) is 2.44. The molecule has 0 aliphatic carbocycles. The molecule has 0 N–H and O–H groups in total. The molecule has 2 rings (SSSR count). The van der Waals surface area contributed by atoms with Crippen LogP contribution in [0, 0.1) is 130 Å². The normalized spacial score (nSPS) is 21.3. The molecule has 0 amide bonds. The van der Waals surface area contributed by atoms with Gasteiger partial charge < -0.3 is 9.47 Å². The summed E-state index contributed by atoms with van der Waals surface area (Å²) in [6, 6.07) is 0. The van der Waals surface area contributed by atoms with Gasteiger partial charge in [0.15, 0.2) is 0 Å². The molecule has 0 bridgehead atoms. The van der Waals surface area contributed by atoms with E-state index in [-0.39, 0.29) is 13.8 Å². The van der Waals surface area contributed by atoms with Gasteiger partial charge in [-0.3, -0.25) is 9.47 Å². The maximum atomic E-state index is 13.1. The van der Waals surface area contributed by atoms with Crippen molar-refractivity contribution >= 4 is 0 Å². The summed E-state index contributed by atoms with van der Waals surface area (Å²) >= 11 is 0. The van der Waals surface area contributed by atoms with Crippen molar-refractivity contribution in [3.05, 3.63) is 12.0 Å². The Morgan fingerprint density at radius 2 is 0.732 bits per heavy atom. The predicted molar refractivity (Wildman–Crippen MR) is 159 cm³/mol. The summed E-state index contributed by atoms with van der Waals surface area (Å²) in [5, 5.41) is 0. The van der Waals surface area contributed by atoms with E-state index in [9.17, 15) is 70.2 Å². The Kier molecular flexibility index (Phi) is 17.7. The van der Waals surface area contributed by atoms with Crippen LogP contribution in [0.2, 0.25) is 0 Å². The van der Waals surface area contributed by atoms with Gasteiger partial charge in [0.2, 0.25) is 5.79 Å². The Bertz CT molecular complexity index is 2140. The van der Waals surface area contributed by atoms with Crippen LogP contribution in [0.25, 0.3) is 0 Å². The molecule has 3 unspecified atom stereocenters. The highest BCUT2D eigenvalue weighted by atomic mass is 19.4. The van der Waals surface area contributed by atoms with Crippen LogP contribution in [0.5, 0.6) is 0 Å². The first-order valence-corrected chi connectivity index (χ1v) is 13.4. The topological polar surface area (TPSA) is 36.9 Å². The van der Waals surface area contributed by atoms with Gasteiger partial charge in [-0.15, -0.1) is 0 Å². The zero-order valence-electron chi connectivity index (χ0n) is 27.7. The lowest BCUT2D eigenvalue weighted by atomic mass is 10.2. The van der Waals surface area contributed by atoms with Gasteiger partial charge in [0.25, 0.3) is 5.92 Å². The van der Waals surface area contributed by atoms with Gasteiger partial charge in [0.1, 0.15) is 0 Å². The van der Waals surface area contributed by atoms with E-state index in [1.807, 2.05) is 0 Å². The van der Waals surface area contributed by atoms with Gasteiger partial charge in [0.05, 0.1) is 0 Å². The number of rotatable bonds is 1. The fraction of sp³-hybridized carbons (Fsp3) is 0.333. The van der Waals surface area contributed by atoms with E-state index >= 15 is 0 Å². The molecule has 4 nitrogen and oxygen atoms in total. The maximum absolute atomic E-state index is 13.1. The van der Waals surface area contributed by atoms with Crippen LogP contribution in [0.3, 0.4) is 0 Å². The quantitative estimate of drug-likeness (QED) is 0.208. The first kappa shape index (κ1) is 49.3. The number of alkyl halides is 14. The molecule has 0 radical (unpaired) electrons. The van der Waals surface area contributed by atoms with Gasteiger partial charge >= 0.3 is 48.3 Å². The van der Waals surface area contributed by atoms with E-state index in [4.69, 9.17) is 0 Å². The third kappa shape index (κ3) is 13.9. The molecule has 0 spiro atoms. The Morgan fingerprint density at radius 1 is 0.446 bits per heavy atom. The van der Waals surface area contributed by atoms with E-state index in [2.05, 4.69) is 149 Å². The molecule has 0 aromatic rings. The lowest BCUT2D eigenvalue weighted by Crippen LogP contribution is -2.53. The van der Waals surface area contributed by atoms with Gasteiger partial charge in [-0.25, -0.2) is 8.78 Å². The van der Waals surface area contributed by atoms with E-state index in [0.717, 1.165) is 0 Å². The van der Waals surface area contributed by atoms with Gasteiger partial charge in [-0.05, 0) is 115 Å². The van der Waals surface area contributed by atoms with Crippen molar-refractivity contribution in [3.8, 4) is 130 Å². The minimum Gasteiger partial charge on any atom is -0.407 e. The predicted octanol–water partition coefficient (Wildman–Crippen LogP) is 7.21. The van der Waals surface area contributed by atoms with Crippen molar-refractivity contribution in [2.24, 2.45) is 0 Å². The zero-order valence-corrected chi connectivity index (χ0v) is 27.7. The van der Waals surface area contributed by atoms with Crippen LogP contribution in [0.4, 0.5) is 70.2 Å². The second kappa shape index (κ2) is 20.1. The maximum Gasteiger partial charge on any atom is 0.483 e. The standard InChI is InChI=1S/C24H6.C7H6F8O2.C5F8O2/c1-3-5-7-9-11-13-15-17-19-21-23-24-22-20-18-16-14-12-10-8-6-4-2;1-3(8,9)4(2)16-5(10,6(11,12)13)7(14,15)17-4;6-1(7)2-14-3(8,4(9,10)11)5(12,13)15-2/h1-2H3;1-2H3;. The molecule has 2 heterocycles. The molecule has 3 atom stereocenters. The molecule has 2 saturated heterocycles. The monoisotopic (exact) mass is 812 g/mol. The zero-order chi connectivity index (χ0) is 43.5. The van der Waals surface area contributed by atoms with Gasteiger partial charge in [-0.1, -0.05) is 11.8 Å². The van der Waals surface area contributed by atoms with Gasteiger partial charge in [0, 0.05) is 30.6 Å². The number of hydrogen-bond acceptors (Lipinski definition) is 4. The van der Waals surface area contributed by atoms with Crippen molar-refractivity contribution < 1.29 is 89.2 Å². The molecule has 292 valence electrons. The molecule has 2 fully saturated rings. The van der Waals surface area contributed by atoms with Crippen LogP contribution < -0.4 is 0 Å². The molecule has 56 heavy (non-hydrogen) atoms. The molecular weight excluding hydrogens is 800 g/mol. The lowest BCUT2D eigenvalue weighted by molar-refractivity contribution is -0.395. The van der Waals surface area contributed by atoms with Crippen LogP contribution in [-0.2, 0) is 18.9 Å². The van der Waals surface area contributed by atoms with Crippen molar-refractivity contribution in [3.63, 3.8) is 0 Å². The SMILES string of the molecule is CC#CC#CC#CC#CC#CC#CC#CC#CC#CC#CC#CC.CC(F)(F)C1(C)OC(F)(F)C(F)(C(F)(F)F)O1.FC(F)=C1OC(F)(F)C(F)(C(F)(F)F)O1. The fourth-order valence-corrected chi connectivity index (χ4v) is 2.44. The van der Waals surface area contributed by atoms with Crippen LogP contribution >= 0.6 is 0 Å². The average molecular weight is 812 g/mol. The summed E-state index contributed by atoms with van der Waals surface area (Å²) in [4.78, 5) is 0. The van der Waals surface area contributed by atoms with Crippen molar-refractivity contribution in [2.75, 3.05) is 0 Å². The molecule has 0 saturated carbocycles. The smallest absolute Gasteiger partial charge is 0.407 e. The van der Waals surface area contributed by atoms with Crippen molar-refractivity contribution in [1.82, 2.24) is 0 Å². The Balaban J connectivity index is 0.000000836. The molecule has 2 aliphatic rings. The van der Waals surface area contributed by atoms with Crippen molar-refractivity contribution in [2.45, 2.75) is 75.7 Å². The van der Waals surface area contributed by atoms with E-state index in [1.165, 1.54) is 0 Å². The molecular formula is C36H12F16O4. The van der Waals surface area contributed by atoms with Gasteiger partial charge in [-0.2, -0.15) is 61.5 Å².